The van der Waals surface area contributed by atoms with Crippen LogP contribution >= 0.6 is 7.81 Å². The van der Waals surface area contributed by atoms with Gasteiger partial charge in [0.2, 0.25) is 0 Å². The quantitative estimate of drug-likeness (QED) is 0.244. The summed E-state index contributed by atoms with van der Waals surface area (Å²) in [7, 11) is -10.3. The van der Waals surface area contributed by atoms with E-state index in [-0.39, 0.29) is 0 Å². The molecule has 9 heteroatoms. The molecule has 0 aliphatic rings. The third-order valence-electron chi connectivity index (χ3n) is 3.04. The maximum atomic E-state index is 9.87. The van der Waals surface area contributed by atoms with E-state index in [1.807, 2.05) is 18.2 Å². The summed E-state index contributed by atoms with van der Waals surface area (Å²) >= 11 is 0. The van der Waals surface area contributed by atoms with Crippen molar-refractivity contribution in [2.75, 3.05) is 12.5 Å². The molecule has 3 rings (SSSR count). The van der Waals surface area contributed by atoms with Crippen LogP contribution in [-0.4, -0.2) is 12.5 Å². The number of fused-ring (bicyclic) bond motifs is 1. The summed E-state index contributed by atoms with van der Waals surface area (Å²) in [5.41, 5.74) is 2.09. The Labute approximate surface area is 143 Å². The van der Waals surface area contributed by atoms with Gasteiger partial charge in [-0.15, -0.1) is 0 Å². The predicted octanol–water partition coefficient (Wildman–Crippen LogP) is 7.72. The van der Waals surface area contributed by atoms with Gasteiger partial charge >= 0.3 is 33.0 Å². The fourth-order valence-corrected chi connectivity index (χ4v) is 2.70. The zero-order valence-corrected chi connectivity index (χ0v) is 14.9. The molecule has 0 spiro atoms. The van der Waals surface area contributed by atoms with Gasteiger partial charge in [-0.05, 0) is 36.4 Å². The van der Waals surface area contributed by atoms with Crippen molar-refractivity contribution < 1.29 is 29.6 Å². The molecule has 138 valence electrons. The van der Waals surface area contributed by atoms with Crippen molar-refractivity contribution in [1.82, 2.24) is 0 Å². The molecule has 0 aliphatic heterocycles. The van der Waals surface area contributed by atoms with Gasteiger partial charge in [-0.25, -0.2) is 0 Å². The Morgan fingerprint density at radius 3 is 1.80 bits per heavy atom. The second-order valence-electron chi connectivity index (χ2n) is 5.45. The van der Waals surface area contributed by atoms with Crippen molar-refractivity contribution in [2.45, 2.75) is 4.90 Å². The molecule has 0 radical (unpaired) electrons. The van der Waals surface area contributed by atoms with E-state index in [0.717, 1.165) is 22.3 Å². The molecule has 0 bridgehead atoms. The molecule has 0 aliphatic carbocycles. The number of rotatable bonds is 2. The molecule has 1 nitrogen and oxygen atoms in total. The first-order chi connectivity index (χ1) is 11.2. The van der Waals surface area contributed by atoms with Gasteiger partial charge < -0.3 is 4.42 Å². The van der Waals surface area contributed by atoms with E-state index < -0.39 is 7.81 Å². The number of benzene rings is 2. The van der Waals surface area contributed by atoms with Gasteiger partial charge in [0.25, 0.3) is 0 Å². The van der Waals surface area contributed by atoms with Gasteiger partial charge in [-0.3, -0.25) is 0 Å². The first-order valence-electron chi connectivity index (χ1n) is 6.92. The molecule has 25 heavy (non-hydrogen) atoms. The zero-order chi connectivity index (χ0) is 18.9. The molecule has 0 amide bonds. The summed E-state index contributed by atoms with van der Waals surface area (Å²) in [6.07, 6.45) is 4.46. The number of halogens is 6. The Morgan fingerprint density at radius 2 is 1.32 bits per heavy atom. The monoisotopic (exact) mass is 400 g/mol. The fourth-order valence-electron chi connectivity index (χ4n) is 2.02. The standard InChI is InChI=1S/C16H15OS.F6P/c1-18(2)14-9-7-12(8-10-14)16-11-13-5-3-4-6-15(13)17-16;1-7(2,3,4,5)6/h3-11H,1-2H3;/q+1;-1. The molecule has 3 aromatic rings. The van der Waals surface area contributed by atoms with E-state index in [1.54, 1.807) is 0 Å². The average Bonchev–Trinajstić information content (AvgIpc) is 2.88. The van der Waals surface area contributed by atoms with Crippen molar-refractivity contribution in [1.29, 1.82) is 0 Å². The van der Waals surface area contributed by atoms with Crippen molar-refractivity contribution in [3.63, 3.8) is 0 Å². The van der Waals surface area contributed by atoms with E-state index in [9.17, 15) is 25.2 Å². The minimum absolute atomic E-state index is 0.311. The number of hydrogen-bond donors (Lipinski definition) is 0. The molecular formula is C16H15F6OPS. The minimum atomic E-state index is -10.7. The Balaban J connectivity index is 0.000000277. The van der Waals surface area contributed by atoms with Crippen LogP contribution in [-0.2, 0) is 10.9 Å². The van der Waals surface area contributed by atoms with Crippen molar-refractivity contribution in [2.24, 2.45) is 0 Å². The third kappa shape index (κ3) is 7.40. The predicted molar refractivity (Wildman–Crippen MR) is 92.7 cm³/mol. The molecular weight excluding hydrogens is 385 g/mol. The number of furan rings is 1. The molecule has 1 aromatic heterocycles. The van der Waals surface area contributed by atoms with Crippen molar-refractivity contribution in [3.8, 4) is 11.3 Å². The molecule has 0 atom stereocenters. The van der Waals surface area contributed by atoms with Crippen LogP contribution in [0.5, 0.6) is 0 Å². The van der Waals surface area contributed by atoms with Gasteiger partial charge in [-0.2, -0.15) is 0 Å². The molecule has 0 unspecified atom stereocenters. The second kappa shape index (κ2) is 5.95. The average molecular weight is 400 g/mol. The summed E-state index contributed by atoms with van der Waals surface area (Å²) in [4.78, 5) is 1.38. The van der Waals surface area contributed by atoms with Gasteiger partial charge in [0.15, 0.2) is 4.90 Å². The van der Waals surface area contributed by atoms with Crippen LogP contribution in [0.3, 0.4) is 0 Å². The van der Waals surface area contributed by atoms with E-state index in [2.05, 4.69) is 48.9 Å². The third-order valence-corrected chi connectivity index (χ3v) is 4.25. The van der Waals surface area contributed by atoms with Crippen LogP contribution in [0.25, 0.3) is 22.3 Å². The van der Waals surface area contributed by atoms with Crippen LogP contribution in [0.2, 0.25) is 0 Å². The molecule has 0 saturated carbocycles. The van der Waals surface area contributed by atoms with Crippen LogP contribution in [0.1, 0.15) is 0 Å². The van der Waals surface area contributed by atoms with Crippen LogP contribution < -0.4 is 0 Å². The van der Waals surface area contributed by atoms with Crippen molar-refractivity contribution >= 4 is 29.7 Å². The van der Waals surface area contributed by atoms with E-state index in [1.165, 1.54) is 4.90 Å². The Hall–Kier alpha value is -1.66. The van der Waals surface area contributed by atoms with Gasteiger partial charge in [0.1, 0.15) is 23.9 Å². The van der Waals surface area contributed by atoms with Crippen molar-refractivity contribution in [3.05, 3.63) is 54.6 Å². The Morgan fingerprint density at radius 1 is 0.800 bits per heavy atom. The summed E-state index contributed by atoms with van der Waals surface area (Å²) in [6, 6.07) is 18.9. The first kappa shape index (κ1) is 19.7. The molecule has 0 fully saturated rings. The van der Waals surface area contributed by atoms with Gasteiger partial charge in [0, 0.05) is 21.8 Å². The maximum absolute atomic E-state index is 10.7. The SMILES string of the molecule is C[S+](C)c1ccc(-c2cc3ccccc3o2)cc1.F[P-](F)(F)(F)(F)F. The fraction of sp³-hybridized carbons (Fsp3) is 0.125. The molecule has 0 N–H and O–H groups in total. The number of para-hydroxylation sites is 1. The number of hydrogen-bond acceptors (Lipinski definition) is 1. The van der Waals surface area contributed by atoms with Crippen LogP contribution in [0.4, 0.5) is 25.2 Å². The molecule has 2 aromatic carbocycles. The summed E-state index contributed by atoms with van der Waals surface area (Å²) in [6.45, 7) is 0. The van der Waals surface area contributed by atoms with Gasteiger partial charge in [0.05, 0.1) is 0 Å². The summed E-state index contributed by atoms with van der Waals surface area (Å²) < 4.78 is 65.1. The van der Waals surface area contributed by atoms with E-state index in [4.69, 9.17) is 4.42 Å². The molecule has 0 saturated heterocycles. The second-order valence-corrected chi connectivity index (χ2v) is 9.47. The topological polar surface area (TPSA) is 13.1 Å². The van der Waals surface area contributed by atoms with Gasteiger partial charge in [-0.1, -0.05) is 18.2 Å². The zero-order valence-electron chi connectivity index (χ0n) is 13.2. The Bertz CT molecular complexity index is 825. The van der Waals surface area contributed by atoms with E-state index in [0.29, 0.717) is 10.9 Å². The first-order valence-corrected chi connectivity index (χ1v) is 11.0. The Kier molecular flexibility index (Phi) is 4.68. The summed E-state index contributed by atoms with van der Waals surface area (Å²) in [5, 5.41) is 1.15. The molecule has 1 heterocycles. The van der Waals surface area contributed by atoms with Crippen LogP contribution in [0, 0.1) is 0 Å². The van der Waals surface area contributed by atoms with Crippen LogP contribution in [0.15, 0.2) is 63.9 Å². The normalized spacial score (nSPS) is 14.6. The summed E-state index contributed by atoms with van der Waals surface area (Å²) in [5.74, 6) is 0.940. The van der Waals surface area contributed by atoms with E-state index >= 15 is 0 Å².